The number of carboxylic acids is 1. The van der Waals surface area contributed by atoms with Gasteiger partial charge in [0.25, 0.3) is 0 Å². The predicted molar refractivity (Wildman–Crippen MR) is 180 cm³/mol. The van der Waals surface area contributed by atoms with Crippen molar-refractivity contribution in [1.82, 2.24) is 30.2 Å². The first kappa shape index (κ1) is 48.8. The second-order valence-electron chi connectivity index (χ2n) is 11.9. The molecule has 26 nitrogen and oxygen atoms in total. The third kappa shape index (κ3) is 15.1. The van der Waals surface area contributed by atoms with Crippen molar-refractivity contribution < 1.29 is 111 Å². The Bertz CT molecular complexity index is 1840. The van der Waals surface area contributed by atoms with Crippen LogP contribution in [0.15, 0.2) is 12.7 Å². The van der Waals surface area contributed by atoms with Gasteiger partial charge >= 0.3 is 48.3 Å². The molecule has 0 radical (unpaired) electrons. The van der Waals surface area contributed by atoms with Crippen molar-refractivity contribution in [3.05, 3.63) is 12.7 Å². The molecule has 7 atom stereocenters. The van der Waals surface area contributed by atoms with Gasteiger partial charge in [0, 0.05) is 30.7 Å². The molecule has 0 aromatic carbocycles. The summed E-state index contributed by atoms with van der Waals surface area (Å²) in [5, 5.41) is 34.0. The van der Waals surface area contributed by atoms with E-state index in [0.29, 0.717) is 0 Å². The number of nitrogens with zero attached hydrogens (tertiary/aromatic N) is 4. The first-order valence-corrected chi connectivity index (χ1v) is 20.7. The number of ether oxygens (including phenoxy) is 1. The van der Waals surface area contributed by atoms with Crippen LogP contribution >= 0.6 is 35.2 Å². The number of fused-ring (bicyclic) bond motifs is 1. The molecule has 31 heteroatoms. The maximum Gasteiger partial charge on any atom is 1.00 e. The van der Waals surface area contributed by atoms with Crippen LogP contribution in [0, 0.1) is 5.41 Å². The number of carbonyl (C=O) groups is 4. The number of aliphatic hydroxyl groups is 2. The van der Waals surface area contributed by atoms with Crippen LogP contribution in [-0.4, -0.2) is 134 Å². The Morgan fingerprint density at radius 1 is 1.07 bits per heavy atom. The molecule has 0 aliphatic carbocycles. The molecule has 306 valence electrons. The van der Waals surface area contributed by atoms with Gasteiger partial charge in [-0.2, -0.15) is 4.31 Å². The third-order valence-electron chi connectivity index (χ3n) is 7.06. The minimum atomic E-state index is -5.59. The van der Waals surface area contributed by atoms with Gasteiger partial charge in [0.05, 0.1) is 19.5 Å². The Kier molecular flexibility index (Phi) is 18.1. The van der Waals surface area contributed by atoms with E-state index in [0.717, 1.165) is 29.0 Å². The van der Waals surface area contributed by atoms with Crippen LogP contribution in [0.4, 0.5) is 5.82 Å². The number of anilines is 1. The molecule has 3 heterocycles. The molecule has 1 aliphatic heterocycles. The zero-order valence-corrected chi connectivity index (χ0v) is 32.6. The van der Waals surface area contributed by atoms with Crippen molar-refractivity contribution >= 4 is 75.1 Å². The number of phosphoric ester groups is 3. The van der Waals surface area contributed by atoms with Crippen molar-refractivity contribution in [3.8, 4) is 0 Å². The molecule has 2 aromatic heterocycles. The van der Waals surface area contributed by atoms with Crippen LogP contribution in [0.25, 0.3) is 11.2 Å². The van der Waals surface area contributed by atoms with Crippen LogP contribution < -0.4 is 35.2 Å². The first-order valence-electron chi connectivity index (χ1n) is 15.2. The molecule has 11 N–H and O–H groups in total. The van der Waals surface area contributed by atoms with E-state index >= 15 is 0 Å². The van der Waals surface area contributed by atoms with E-state index in [1.54, 1.807) is 0 Å². The van der Waals surface area contributed by atoms with Crippen LogP contribution in [0.5, 0.6) is 0 Å². The number of amides is 2. The molecule has 2 amide bonds. The molecule has 0 bridgehead atoms. The summed E-state index contributed by atoms with van der Waals surface area (Å²) < 4.78 is 61.8. The quantitative estimate of drug-likeness (QED) is 0.0244. The van der Waals surface area contributed by atoms with Gasteiger partial charge in [-0.15, -0.1) is 0 Å². The average molecular weight is 862 g/mol. The minimum Gasteiger partial charge on any atom is -1.00 e. The number of aliphatic carboxylic acids is 1. The number of imidazole rings is 1. The zero-order valence-electron chi connectivity index (χ0n) is 30.1. The molecule has 1 fully saturated rings. The number of aliphatic hydroxyl groups excluding tert-OH is 2. The van der Waals surface area contributed by atoms with E-state index < -0.39 is 102 Å². The van der Waals surface area contributed by atoms with Gasteiger partial charge in [0.15, 0.2) is 22.8 Å². The summed E-state index contributed by atoms with van der Waals surface area (Å²) in [6.07, 6.45) is -7.78. The fourth-order valence-electron chi connectivity index (χ4n) is 4.47. The second-order valence-corrected chi connectivity index (χ2v) is 17.2. The number of rotatable bonds is 21. The van der Waals surface area contributed by atoms with Crippen LogP contribution in [0.3, 0.4) is 0 Å². The number of nitrogen functional groups attached to an aromatic ring is 1. The summed E-state index contributed by atoms with van der Waals surface area (Å²) in [5.41, 5.74) is 4.19. The number of thioether (sulfide) groups is 1. The number of nitrogens with one attached hydrogen (secondary N) is 2. The second kappa shape index (κ2) is 20.4. The van der Waals surface area contributed by atoms with E-state index in [4.69, 9.17) is 24.6 Å². The number of aromatic nitrogens is 4. The van der Waals surface area contributed by atoms with Gasteiger partial charge < -0.3 is 57.4 Å². The molecule has 1 saturated heterocycles. The van der Waals surface area contributed by atoms with Gasteiger partial charge in [0.2, 0.25) is 11.8 Å². The number of carboxylic acid groups (broad SMARTS) is 1. The van der Waals surface area contributed by atoms with Crippen LogP contribution in [0.2, 0.25) is 0 Å². The fraction of sp³-hybridized carbons (Fsp3) is 0.625. The van der Waals surface area contributed by atoms with Crippen LogP contribution in [0.1, 0.15) is 34.3 Å². The normalized spacial score (nSPS) is 21.5. The number of nitrogens with two attached hydrogens (primary N) is 1. The Hall–Kier alpha value is -2.37. The Balaban J connectivity index is 0.00000784. The van der Waals surface area contributed by atoms with Crippen molar-refractivity contribution in [3.63, 3.8) is 0 Å². The molecule has 2 unspecified atom stereocenters. The van der Waals surface area contributed by atoms with E-state index in [1.165, 1.54) is 13.8 Å². The largest absolute Gasteiger partial charge is 1.00 e. The van der Waals surface area contributed by atoms with Crippen molar-refractivity contribution in [1.29, 1.82) is 0 Å². The third-order valence-corrected chi connectivity index (χ3v) is 11.0. The van der Waals surface area contributed by atoms with Crippen LogP contribution in [-0.2, 0) is 55.5 Å². The van der Waals surface area contributed by atoms with Gasteiger partial charge in [-0.1, -0.05) is 25.6 Å². The summed E-state index contributed by atoms with van der Waals surface area (Å²) in [6, 6.07) is 0. The topological polar surface area (TPSA) is 401 Å². The zero-order chi connectivity index (χ0) is 40.6. The summed E-state index contributed by atoms with van der Waals surface area (Å²) in [7, 11) is -16.4. The van der Waals surface area contributed by atoms with E-state index in [2.05, 4.69) is 34.4 Å². The SMILES string of the molecule is CC(C)(COP(=O)(O)OP(=O)(O)OC[C@H]1O[C@@H](n2cnc3c(N)ncnc32)[C@H](O)[C@@H]1OP(=O)(O)O)[C@@H](O)C(=O)NCCC(=O)NCCSC(=O)CC(=O)O.[H-].[Li+]. The summed E-state index contributed by atoms with van der Waals surface area (Å²) in [4.78, 5) is 97.0. The number of hydrogen-bond acceptors (Lipinski definition) is 19. The van der Waals surface area contributed by atoms with Crippen molar-refractivity contribution in [2.75, 3.05) is 37.8 Å². The van der Waals surface area contributed by atoms with Gasteiger partial charge in [-0.3, -0.25) is 37.3 Å². The van der Waals surface area contributed by atoms with Gasteiger partial charge in [0.1, 0.15) is 42.7 Å². The number of hydrogen-bond donors (Lipinski definition) is 10. The van der Waals surface area contributed by atoms with Crippen molar-refractivity contribution in [2.45, 2.75) is 57.3 Å². The standard InChI is InChI=1S/C24H38N7O19P3S.Li.H/c1-24(2,19(37)22(38)27-4-3-13(32)26-5-6-54-15(35)7-14(33)34)9-47-53(44,45)50-52(42,43)46-8-12-18(49-51(39,40)41)17(36)23(48-12)31-11-30-16-20(25)28-10-29-21(16)31;;/h10-12,17-19,23,36-37H,3-9H2,1-2H3,(H,26,32)(H,27,38)(H,33,34)(H,42,43)(H,44,45)(H2,25,28,29)(H2,39,40,41);;/q;+1;-1/t12-,17-,18-,19+,23-;;/m1../s1. The molecule has 2 aromatic rings. The summed E-state index contributed by atoms with van der Waals surface area (Å²) >= 11 is 0.718. The molecule has 1 aliphatic rings. The summed E-state index contributed by atoms with van der Waals surface area (Å²) in [5.74, 6) is -2.80. The van der Waals surface area contributed by atoms with E-state index in [9.17, 15) is 62.7 Å². The summed E-state index contributed by atoms with van der Waals surface area (Å²) in [6.45, 7) is 0.132. The average Bonchev–Trinajstić information content (AvgIpc) is 3.60. The Morgan fingerprint density at radius 2 is 1.73 bits per heavy atom. The minimum absolute atomic E-state index is 0. The fourth-order valence-corrected chi connectivity index (χ4v) is 7.96. The number of carbonyl (C=O) groups excluding carboxylic acids is 3. The Morgan fingerprint density at radius 3 is 2.36 bits per heavy atom. The molecular weight excluding hydrogens is 822 g/mol. The Labute approximate surface area is 328 Å². The maximum absolute atomic E-state index is 12.6. The monoisotopic (exact) mass is 861 g/mol. The molecule has 3 rings (SSSR count). The van der Waals surface area contributed by atoms with Gasteiger partial charge in [-0.25, -0.2) is 28.6 Å². The predicted octanol–water partition coefficient (Wildman–Crippen LogP) is -4.74. The van der Waals surface area contributed by atoms with E-state index in [-0.39, 0.29) is 62.5 Å². The van der Waals surface area contributed by atoms with E-state index in [1.807, 2.05) is 0 Å². The van der Waals surface area contributed by atoms with Crippen molar-refractivity contribution in [2.24, 2.45) is 5.41 Å². The molecular formula is C24H39LiN7O19P3S. The number of phosphoric acid groups is 3. The molecule has 0 saturated carbocycles. The molecule has 0 spiro atoms. The smallest absolute Gasteiger partial charge is 1.00 e. The first-order chi connectivity index (χ1) is 24.9. The maximum atomic E-state index is 12.6. The molecule has 55 heavy (non-hydrogen) atoms. The van der Waals surface area contributed by atoms with Gasteiger partial charge in [-0.05, 0) is 0 Å².